The van der Waals surface area contributed by atoms with Crippen LogP contribution in [0.1, 0.15) is 28.8 Å². The number of rotatable bonds is 3. The molecule has 0 spiro atoms. The third kappa shape index (κ3) is 2.26. The second-order valence-corrected chi connectivity index (χ2v) is 4.50. The van der Waals surface area contributed by atoms with Crippen LogP contribution in [-0.2, 0) is 0 Å². The quantitative estimate of drug-likeness (QED) is 0.836. The molecule has 1 heterocycles. The number of hydrogen-bond donors (Lipinski definition) is 2. The maximum Gasteiger partial charge on any atom is 0.337 e. The van der Waals surface area contributed by atoms with E-state index < -0.39 is 5.97 Å². The molecule has 1 aliphatic rings. The molecule has 2 N–H and O–H groups in total. The third-order valence-electron chi connectivity index (χ3n) is 3.28. The number of carboxylic acids is 1. The van der Waals surface area contributed by atoms with E-state index in [9.17, 15) is 15.0 Å². The van der Waals surface area contributed by atoms with Crippen LogP contribution in [0.4, 0.5) is 5.69 Å². The molecule has 0 amide bonds. The summed E-state index contributed by atoms with van der Waals surface area (Å²) in [4.78, 5) is 13.2. The minimum absolute atomic E-state index is 0.0517. The van der Waals surface area contributed by atoms with Gasteiger partial charge in [0, 0.05) is 6.54 Å². The molecule has 1 aromatic rings. The average Bonchev–Trinajstić information content (AvgIpc) is 2.76. The van der Waals surface area contributed by atoms with Crippen molar-refractivity contribution in [2.24, 2.45) is 0 Å². The van der Waals surface area contributed by atoms with Gasteiger partial charge >= 0.3 is 5.97 Å². The van der Waals surface area contributed by atoms with E-state index >= 15 is 0 Å². The van der Waals surface area contributed by atoms with E-state index in [0.29, 0.717) is 5.56 Å². The fraction of sp³-hybridized carbons (Fsp3) is 0.462. The summed E-state index contributed by atoms with van der Waals surface area (Å²) in [6, 6.07) is 5.49. The van der Waals surface area contributed by atoms with Crippen LogP contribution in [-0.4, -0.2) is 35.4 Å². The first-order valence-corrected chi connectivity index (χ1v) is 5.85. The van der Waals surface area contributed by atoms with E-state index in [0.717, 1.165) is 30.6 Å². The van der Waals surface area contributed by atoms with Crippen LogP contribution in [0.3, 0.4) is 0 Å². The molecule has 17 heavy (non-hydrogen) atoms. The molecular weight excluding hydrogens is 218 g/mol. The van der Waals surface area contributed by atoms with Crippen molar-refractivity contribution in [2.75, 3.05) is 18.1 Å². The van der Waals surface area contributed by atoms with Crippen molar-refractivity contribution in [3.63, 3.8) is 0 Å². The van der Waals surface area contributed by atoms with Crippen LogP contribution >= 0.6 is 0 Å². The number of aryl methyl sites for hydroxylation is 1. The molecular formula is C13H17NO3. The predicted molar refractivity (Wildman–Crippen MR) is 65.6 cm³/mol. The zero-order chi connectivity index (χ0) is 12.4. The minimum Gasteiger partial charge on any atom is -0.478 e. The highest BCUT2D eigenvalue weighted by molar-refractivity contribution is 5.94. The first-order valence-electron chi connectivity index (χ1n) is 5.85. The summed E-state index contributed by atoms with van der Waals surface area (Å²) in [5.74, 6) is -0.910. The molecule has 4 heteroatoms. The molecule has 0 radical (unpaired) electrons. The lowest BCUT2D eigenvalue weighted by atomic mass is 10.1. The van der Waals surface area contributed by atoms with Crippen LogP contribution in [0.5, 0.6) is 0 Å². The van der Waals surface area contributed by atoms with Crippen LogP contribution in [0.25, 0.3) is 0 Å². The monoisotopic (exact) mass is 235 g/mol. The van der Waals surface area contributed by atoms with Gasteiger partial charge in [-0.1, -0.05) is 11.6 Å². The van der Waals surface area contributed by atoms with Crippen LogP contribution in [0, 0.1) is 6.92 Å². The molecule has 0 aromatic heterocycles. The Hall–Kier alpha value is -1.55. The average molecular weight is 235 g/mol. The van der Waals surface area contributed by atoms with Gasteiger partial charge in [0.15, 0.2) is 0 Å². The van der Waals surface area contributed by atoms with Crippen molar-refractivity contribution in [3.05, 3.63) is 29.3 Å². The van der Waals surface area contributed by atoms with E-state index in [1.54, 1.807) is 6.07 Å². The first kappa shape index (κ1) is 11.9. The number of aromatic carboxylic acids is 1. The third-order valence-corrected chi connectivity index (χ3v) is 3.28. The maximum atomic E-state index is 11.2. The zero-order valence-corrected chi connectivity index (χ0v) is 9.89. The zero-order valence-electron chi connectivity index (χ0n) is 9.89. The van der Waals surface area contributed by atoms with Gasteiger partial charge in [0.05, 0.1) is 23.9 Å². The summed E-state index contributed by atoms with van der Waals surface area (Å²) >= 11 is 0. The van der Waals surface area contributed by atoms with Crippen molar-refractivity contribution >= 4 is 11.7 Å². The topological polar surface area (TPSA) is 60.8 Å². The molecule has 0 aliphatic carbocycles. The van der Waals surface area contributed by atoms with E-state index in [4.69, 9.17) is 0 Å². The van der Waals surface area contributed by atoms with Crippen molar-refractivity contribution in [3.8, 4) is 0 Å². The molecule has 1 unspecified atom stereocenters. The first-order chi connectivity index (χ1) is 8.13. The lowest BCUT2D eigenvalue weighted by molar-refractivity contribution is 0.0697. The number of benzene rings is 1. The Kier molecular flexibility index (Phi) is 3.33. The Bertz CT molecular complexity index is 431. The highest BCUT2D eigenvalue weighted by atomic mass is 16.4. The van der Waals surface area contributed by atoms with E-state index in [1.165, 1.54) is 0 Å². The van der Waals surface area contributed by atoms with Crippen LogP contribution in [0.15, 0.2) is 18.2 Å². The highest BCUT2D eigenvalue weighted by Crippen LogP contribution is 2.29. The molecule has 0 bridgehead atoms. The summed E-state index contributed by atoms with van der Waals surface area (Å²) in [5.41, 5.74) is 1.98. The van der Waals surface area contributed by atoms with E-state index in [2.05, 4.69) is 0 Å². The normalized spacial score (nSPS) is 19.6. The molecule has 0 saturated carbocycles. The van der Waals surface area contributed by atoms with Crippen LogP contribution < -0.4 is 4.90 Å². The second-order valence-electron chi connectivity index (χ2n) is 4.50. The van der Waals surface area contributed by atoms with Gasteiger partial charge in [-0.25, -0.2) is 4.79 Å². The van der Waals surface area contributed by atoms with Gasteiger partial charge in [-0.2, -0.15) is 0 Å². The van der Waals surface area contributed by atoms with Crippen LogP contribution in [0.2, 0.25) is 0 Å². The Labute approximate surface area is 100 Å². The van der Waals surface area contributed by atoms with Crippen molar-refractivity contribution in [2.45, 2.75) is 25.8 Å². The molecule has 1 atom stereocenters. The van der Waals surface area contributed by atoms with Gasteiger partial charge in [0.2, 0.25) is 0 Å². The molecule has 1 aliphatic heterocycles. The SMILES string of the molecule is Cc1ccc(N2CCCC2CO)c(C(=O)O)c1. The minimum atomic E-state index is -0.910. The molecule has 92 valence electrons. The van der Waals surface area contributed by atoms with Gasteiger partial charge in [0.25, 0.3) is 0 Å². The maximum absolute atomic E-state index is 11.2. The second kappa shape index (κ2) is 4.75. The summed E-state index contributed by atoms with van der Waals surface area (Å²) in [6.45, 7) is 2.77. The number of aliphatic hydroxyl groups excluding tert-OH is 1. The van der Waals surface area contributed by atoms with Gasteiger partial charge < -0.3 is 15.1 Å². The van der Waals surface area contributed by atoms with E-state index in [1.807, 2.05) is 24.0 Å². The standard InChI is InChI=1S/C13H17NO3/c1-9-4-5-12(11(7-9)13(16)17)14-6-2-3-10(14)8-15/h4-5,7,10,15H,2-3,6,8H2,1H3,(H,16,17). The Morgan fingerprint density at radius 3 is 2.94 bits per heavy atom. The smallest absolute Gasteiger partial charge is 0.337 e. The van der Waals surface area contributed by atoms with Gasteiger partial charge in [-0.3, -0.25) is 0 Å². The largest absolute Gasteiger partial charge is 0.478 e. The summed E-state index contributed by atoms with van der Waals surface area (Å²) in [6.07, 6.45) is 1.92. The van der Waals surface area contributed by atoms with Gasteiger partial charge in [-0.15, -0.1) is 0 Å². The summed E-state index contributed by atoms with van der Waals surface area (Å²) in [7, 11) is 0. The van der Waals surface area contributed by atoms with Crippen molar-refractivity contribution < 1.29 is 15.0 Å². The Morgan fingerprint density at radius 1 is 1.53 bits per heavy atom. The highest BCUT2D eigenvalue weighted by Gasteiger charge is 2.27. The lowest BCUT2D eigenvalue weighted by Gasteiger charge is -2.26. The Morgan fingerprint density at radius 2 is 2.29 bits per heavy atom. The number of aliphatic hydroxyl groups is 1. The number of carbonyl (C=O) groups is 1. The summed E-state index contributed by atoms with van der Waals surface area (Å²) in [5, 5.41) is 18.5. The molecule has 2 rings (SSSR count). The fourth-order valence-corrected chi connectivity index (χ4v) is 2.41. The molecule has 1 saturated heterocycles. The van der Waals surface area contributed by atoms with E-state index in [-0.39, 0.29) is 12.6 Å². The van der Waals surface area contributed by atoms with Crippen molar-refractivity contribution in [1.82, 2.24) is 0 Å². The van der Waals surface area contributed by atoms with Gasteiger partial charge in [0.1, 0.15) is 0 Å². The summed E-state index contributed by atoms with van der Waals surface area (Å²) < 4.78 is 0. The number of nitrogens with zero attached hydrogens (tertiary/aromatic N) is 1. The Balaban J connectivity index is 2.40. The molecule has 4 nitrogen and oxygen atoms in total. The fourth-order valence-electron chi connectivity index (χ4n) is 2.41. The molecule has 1 fully saturated rings. The number of anilines is 1. The number of hydrogen-bond acceptors (Lipinski definition) is 3. The number of carboxylic acid groups (broad SMARTS) is 1. The lowest BCUT2D eigenvalue weighted by Crippen LogP contribution is -2.33. The predicted octanol–water partition coefficient (Wildman–Crippen LogP) is 1.65. The van der Waals surface area contributed by atoms with Gasteiger partial charge in [-0.05, 0) is 31.9 Å². The molecule has 1 aromatic carbocycles. The van der Waals surface area contributed by atoms with Crippen molar-refractivity contribution in [1.29, 1.82) is 0 Å².